The minimum atomic E-state index is -0.474. The molecular weight excluding hydrogens is 194 g/mol. The number of hydrogen-bond donors (Lipinski definition) is 1. The fourth-order valence-corrected chi connectivity index (χ4v) is 1.71. The molecule has 0 aromatic rings. The highest BCUT2D eigenvalue weighted by Crippen LogP contribution is 2.20. The minimum Gasteiger partial charge on any atom is -0.460 e. The highest BCUT2D eigenvalue weighted by atomic mass is 16.6. The van der Waals surface area contributed by atoms with Crippen molar-refractivity contribution in [1.82, 2.24) is 5.32 Å². The molecule has 4 nitrogen and oxygen atoms in total. The Morgan fingerprint density at radius 1 is 1.53 bits per heavy atom. The maximum absolute atomic E-state index is 11.5. The maximum Gasteiger partial charge on any atom is 0.307 e. The van der Waals surface area contributed by atoms with Gasteiger partial charge in [0.25, 0.3) is 0 Å². The lowest BCUT2D eigenvalue weighted by Gasteiger charge is -2.20. The quantitative estimate of drug-likeness (QED) is 0.702. The second-order valence-corrected chi connectivity index (χ2v) is 5.13. The molecule has 1 fully saturated rings. The lowest BCUT2D eigenvalue weighted by atomic mass is 10.0. The first-order valence-electron chi connectivity index (χ1n) is 5.30. The summed E-state index contributed by atoms with van der Waals surface area (Å²) in [5.41, 5.74) is -0.474. The molecule has 1 aliphatic heterocycles. The molecule has 1 saturated heterocycles. The molecule has 4 heteroatoms. The Morgan fingerprint density at radius 2 is 2.13 bits per heavy atom. The topological polar surface area (TPSA) is 55.4 Å². The van der Waals surface area contributed by atoms with Crippen LogP contribution in [0, 0.1) is 5.92 Å². The van der Waals surface area contributed by atoms with E-state index in [1.54, 1.807) is 0 Å². The van der Waals surface area contributed by atoms with Crippen molar-refractivity contribution in [2.24, 2.45) is 5.92 Å². The Kier molecular flexibility index (Phi) is 3.37. The van der Waals surface area contributed by atoms with Gasteiger partial charge in [0.2, 0.25) is 5.91 Å². The lowest BCUT2D eigenvalue weighted by Crippen LogP contribution is -2.28. The number of rotatable bonds is 2. The van der Waals surface area contributed by atoms with E-state index in [4.69, 9.17) is 4.74 Å². The van der Waals surface area contributed by atoms with Crippen LogP contribution in [0.3, 0.4) is 0 Å². The van der Waals surface area contributed by atoms with Crippen molar-refractivity contribution in [1.29, 1.82) is 0 Å². The summed E-state index contributed by atoms with van der Waals surface area (Å²) in [6.45, 7) is 7.40. The SMILES string of the molecule is C[C@@H]1C[C@@H](CC(=O)OC(C)(C)C)C(=O)N1. The number of carbonyl (C=O) groups is 2. The van der Waals surface area contributed by atoms with E-state index in [2.05, 4.69) is 5.32 Å². The highest BCUT2D eigenvalue weighted by Gasteiger charge is 2.32. The van der Waals surface area contributed by atoms with Gasteiger partial charge in [0.1, 0.15) is 5.60 Å². The van der Waals surface area contributed by atoms with Crippen LogP contribution in [0.4, 0.5) is 0 Å². The van der Waals surface area contributed by atoms with Gasteiger partial charge in [-0.2, -0.15) is 0 Å². The largest absolute Gasteiger partial charge is 0.460 e. The van der Waals surface area contributed by atoms with Crippen LogP contribution >= 0.6 is 0 Å². The van der Waals surface area contributed by atoms with Gasteiger partial charge in [-0.1, -0.05) is 0 Å². The van der Waals surface area contributed by atoms with Crippen LogP contribution in [0.15, 0.2) is 0 Å². The molecule has 15 heavy (non-hydrogen) atoms. The normalized spacial score (nSPS) is 26.3. The van der Waals surface area contributed by atoms with E-state index in [0.717, 1.165) is 6.42 Å². The van der Waals surface area contributed by atoms with E-state index < -0.39 is 5.60 Å². The number of amides is 1. The second-order valence-electron chi connectivity index (χ2n) is 5.13. The summed E-state index contributed by atoms with van der Waals surface area (Å²) in [6.07, 6.45) is 0.908. The van der Waals surface area contributed by atoms with Gasteiger partial charge in [0.05, 0.1) is 12.3 Å². The third kappa shape index (κ3) is 3.90. The molecule has 1 heterocycles. The van der Waals surface area contributed by atoms with Crippen LogP contribution in [0.2, 0.25) is 0 Å². The van der Waals surface area contributed by atoms with E-state index in [0.29, 0.717) is 0 Å². The standard InChI is InChI=1S/C11H19NO3/c1-7-5-8(10(14)12-7)6-9(13)15-11(2,3)4/h7-8H,5-6H2,1-4H3,(H,12,14)/t7-,8+/m1/s1. The first-order chi connectivity index (χ1) is 6.78. The Morgan fingerprint density at radius 3 is 2.53 bits per heavy atom. The zero-order chi connectivity index (χ0) is 11.6. The second kappa shape index (κ2) is 4.21. The van der Waals surface area contributed by atoms with Gasteiger partial charge in [-0.3, -0.25) is 9.59 Å². The third-order valence-corrected chi connectivity index (χ3v) is 2.23. The van der Waals surface area contributed by atoms with E-state index in [1.807, 2.05) is 27.7 Å². The summed E-state index contributed by atoms with van der Waals surface area (Å²) in [6, 6.07) is 0.171. The van der Waals surface area contributed by atoms with Crippen LogP contribution < -0.4 is 5.32 Å². The number of esters is 1. The van der Waals surface area contributed by atoms with Gasteiger partial charge >= 0.3 is 5.97 Å². The molecule has 86 valence electrons. The molecule has 0 bridgehead atoms. The molecule has 0 unspecified atom stereocenters. The van der Waals surface area contributed by atoms with E-state index >= 15 is 0 Å². The van der Waals surface area contributed by atoms with Crippen molar-refractivity contribution in [2.75, 3.05) is 0 Å². The van der Waals surface area contributed by atoms with E-state index in [-0.39, 0.29) is 30.3 Å². The monoisotopic (exact) mass is 213 g/mol. The summed E-state index contributed by atoms with van der Waals surface area (Å²) in [7, 11) is 0. The maximum atomic E-state index is 11.5. The van der Waals surface area contributed by atoms with Crippen molar-refractivity contribution in [3.05, 3.63) is 0 Å². The Bertz CT molecular complexity index is 267. The van der Waals surface area contributed by atoms with Crippen molar-refractivity contribution in [3.8, 4) is 0 Å². The Labute approximate surface area is 90.4 Å². The minimum absolute atomic E-state index is 0.0339. The molecule has 1 rings (SSSR count). The zero-order valence-corrected chi connectivity index (χ0v) is 9.79. The van der Waals surface area contributed by atoms with Crippen LogP contribution in [0.25, 0.3) is 0 Å². The number of nitrogens with one attached hydrogen (secondary N) is 1. The number of carbonyl (C=O) groups excluding carboxylic acids is 2. The first-order valence-corrected chi connectivity index (χ1v) is 5.30. The average molecular weight is 213 g/mol. The van der Waals surface area contributed by atoms with Crippen LogP contribution in [0.1, 0.15) is 40.5 Å². The molecule has 0 saturated carbocycles. The average Bonchev–Trinajstić information content (AvgIpc) is 2.25. The molecule has 1 amide bonds. The predicted octanol–water partition coefficient (Wildman–Crippen LogP) is 1.24. The molecule has 0 aromatic heterocycles. The smallest absolute Gasteiger partial charge is 0.307 e. The van der Waals surface area contributed by atoms with Gasteiger partial charge in [-0.25, -0.2) is 0 Å². The summed E-state index contributed by atoms with van der Waals surface area (Å²) < 4.78 is 5.16. The van der Waals surface area contributed by atoms with Crippen molar-refractivity contribution in [3.63, 3.8) is 0 Å². The highest BCUT2D eigenvalue weighted by molar-refractivity contribution is 5.85. The van der Waals surface area contributed by atoms with Crippen LogP contribution in [-0.2, 0) is 14.3 Å². The zero-order valence-electron chi connectivity index (χ0n) is 9.79. The summed E-state index contributed by atoms with van der Waals surface area (Å²) in [5, 5.41) is 2.79. The first kappa shape index (κ1) is 12.0. The van der Waals surface area contributed by atoms with Crippen molar-refractivity contribution in [2.45, 2.75) is 52.2 Å². The Hall–Kier alpha value is -1.06. The fourth-order valence-electron chi connectivity index (χ4n) is 1.71. The summed E-state index contributed by atoms with van der Waals surface area (Å²) >= 11 is 0. The van der Waals surface area contributed by atoms with Gasteiger partial charge in [-0.15, -0.1) is 0 Å². The molecule has 0 radical (unpaired) electrons. The number of ether oxygens (including phenoxy) is 1. The molecule has 0 aliphatic carbocycles. The van der Waals surface area contributed by atoms with Gasteiger partial charge in [0, 0.05) is 6.04 Å². The Balaban J connectivity index is 2.42. The summed E-state index contributed by atoms with van der Waals surface area (Å²) in [4.78, 5) is 22.8. The molecule has 2 atom stereocenters. The van der Waals surface area contributed by atoms with Crippen molar-refractivity contribution < 1.29 is 14.3 Å². The van der Waals surface area contributed by atoms with Gasteiger partial charge < -0.3 is 10.1 Å². The fraction of sp³-hybridized carbons (Fsp3) is 0.818. The molecule has 0 aromatic carbocycles. The number of hydrogen-bond acceptors (Lipinski definition) is 3. The van der Waals surface area contributed by atoms with Crippen LogP contribution in [0.5, 0.6) is 0 Å². The van der Waals surface area contributed by atoms with E-state index in [1.165, 1.54) is 0 Å². The summed E-state index contributed by atoms with van der Waals surface area (Å²) in [5.74, 6) is -0.542. The van der Waals surface area contributed by atoms with Crippen LogP contribution in [-0.4, -0.2) is 23.5 Å². The predicted molar refractivity (Wildman–Crippen MR) is 56.2 cm³/mol. The van der Waals surface area contributed by atoms with Gasteiger partial charge in [0.15, 0.2) is 0 Å². The molecule has 1 N–H and O–H groups in total. The van der Waals surface area contributed by atoms with E-state index in [9.17, 15) is 9.59 Å². The molecule has 0 spiro atoms. The van der Waals surface area contributed by atoms with Crippen molar-refractivity contribution >= 4 is 11.9 Å². The lowest BCUT2D eigenvalue weighted by molar-refractivity contribution is -0.156. The third-order valence-electron chi connectivity index (χ3n) is 2.23. The molecule has 1 aliphatic rings. The van der Waals surface area contributed by atoms with Gasteiger partial charge in [-0.05, 0) is 34.1 Å². The molecular formula is C11H19NO3.